The summed E-state index contributed by atoms with van der Waals surface area (Å²) in [6.45, 7) is 2.05. The Morgan fingerprint density at radius 1 is 0.950 bits per heavy atom. The third kappa shape index (κ3) is 4.42. The Morgan fingerprint density at radius 3 is 2.15 bits per heavy atom. The van der Waals surface area contributed by atoms with Crippen molar-refractivity contribution in [3.8, 4) is 0 Å². The van der Waals surface area contributed by atoms with Gasteiger partial charge in [-0.25, -0.2) is 8.78 Å². The summed E-state index contributed by atoms with van der Waals surface area (Å²) in [7, 11) is 0. The van der Waals surface area contributed by atoms with Crippen LogP contribution in [0.4, 0.5) is 8.78 Å². The molecular weight excluding hydrogens is 256 g/mol. The van der Waals surface area contributed by atoms with E-state index in [4.69, 9.17) is 5.73 Å². The van der Waals surface area contributed by atoms with Crippen LogP contribution in [0.15, 0.2) is 42.5 Å². The van der Waals surface area contributed by atoms with Gasteiger partial charge in [0, 0.05) is 12.1 Å². The van der Waals surface area contributed by atoms with Crippen molar-refractivity contribution in [2.45, 2.75) is 32.2 Å². The quantitative estimate of drug-likeness (QED) is 0.883. The smallest absolute Gasteiger partial charge is 0.126 e. The Morgan fingerprint density at radius 2 is 1.55 bits per heavy atom. The molecule has 3 heteroatoms. The first-order chi connectivity index (χ1) is 9.52. The van der Waals surface area contributed by atoms with Gasteiger partial charge in [-0.05, 0) is 49.4 Å². The molecule has 2 aromatic carbocycles. The topological polar surface area (TPSA) is 26.0 Å². The summed E-state index contributed by atoms with van der Waals surface area (Å²) in [4.78, 5) is 0. The summed E-state index contributed by atoms with van der Waals surface area (Å²) in [6, 6.07) is 11.8. The van der Waals surface area contributed by atoms with Crippen LogP contribution in [0.2, 0.25) is 0 Å². The highest BCUT2D eigenvalue weighted by molar-refractivity contribution is 5.22. The van der Waals surface area contributed by atoms with Crippen LogP contribution in [0.5, 0.6) is 0 Å². The maximum Gasteiger partial charge on any atom is 0.126 e. The summed E-state index contributed by atoms with van der Waals surface area (Å²) in [5, 5.41) is 0. The van der Waals surface area contributed by atoms with E-state index in [1.807, 2.05) is 6.92 Å². The molecule has 0 radical (unpaired) electrons. The van der Waals surface area contributed by atoms with Crippen LogP contribution < -0.4 is 5.73 Å². The van der Waals surface area contributed by atoms with Crippen molar-refractivity contribution in [1.29, 1.82) is 0 Å². The summed E-state index contributed by atoms with van der Waals surface area (Å²) in [6.07, 6.45) is 2.15. The van der Waals surface area contributed by atoms with Gasteiger partial charge in [0.1, 0.15) is 11.6 Å². The third-order valence-corrected chi connectivity index (χ3v) is 3.34. The number of halogens is 2. The molecule has 0 aliphatic rings. The second-order valence-corrected chi connectivity index (χ2v) is 5.27. The SMILES string of the molecule is Cc1ccc(CCC(N)Cc2cc(F)cc(F)c2)cc1. The van der Waals surface area contributed by atoms with Gasteiger partial charge in [-0.3, -0.25) is 0 Å². The second kappa shape index (κ2) is 6.62. The van der Waals surface area contributed by atoms with E-state index in [9.17, 15) is 8.78 Å². The molecule has 0 aliphatic carbocycles. The molecule has 2 aromatic rings. The van der Waals surface area contributed by atoms with E-state index in [2.05, 4.69) is 24.3 Å². The summed E-state index contributed by atoms with van der Waals surface area (Å²) < 4.78 is 26.2. The van der Waals surface area contributed by atoms with Crippen molar-refractivity contribution < 1.29 is 8.78 Å². The number of aryl methyl sites for hydroxylation is 2. The second-order valence-electron chi connectivity index (χ2n) is 5.27. The predicted octanol–water partition coefficient (Wildman–Crippen LogP) is 3.78. The van der Waals surface area contributed by atoms with Crippen LogP contribution in [-0.2, 0) is 12.8 Å². The van der Waals surface area contributed by atoms with Crippen LogP contribution in [0.1, 0.15) is 23.1 Å². The summed E-state index contributed by atoms with van der Waals surface area (Å²) >= 11 is 0. The van der Waals surface area contributed by atoms with Gasteiger partial charge < -0.3 is 5.73 Å². The molecule has 2 N–H and O–H groups in total. The lowest BCUT2D eigenvalue weighted by molar-refractivity contribution is 0.568. The first-order valence-corrected chi connectivity index (χ1v) is 6.79. The van der Waals surface area contributed by atoms with Crippen molar-refractivity contribution in [1.82, 2.24) is 0 Å². The van der Waals surface area contributed by atoms with Gasteiger partial charge in [0.05, 0.1) is 0 Å². The van der Waals surface area contributed by atoms with Crippen LogP contribution in [-0.4, -0.2) is 6.04 Å². The highest BCUT2D eigenvalue weighted by atomic mass is 19.1. The van der Waals surface area contributed by atoms with Gasteiger partial charge in [-0.15, -0.1) is 0 Å². The molecule has 0 aromatic heterocycles. The van der Waals surface area contributed by atoms with Gasteiger partial charge in [0.2, 0.25) is 0 Å². The summed E-state index contributed by atoms with van der Waals surface area (Å²) in [5.74, 6) is -1.10. The van der Waals surface area contributed by atoms with E-state index in [0.29, 0.717) is 12.0 Å². The lowest BCUT2D eigenvalue weighted by Crippen LogP contribution is -2.23. The summed E-state index contributed by atoms with van der Waals surface area (Å²) in [5.41, 5.74) is 9.11. The van der Waals surface area contributed by atoms with Crippen molar-refractivity contribution >= 4 is 0 Å². The number of hydrogen-bond acceptors (Lipinski definition) is 1. The highest BCUT2D eigenvalue weighted by Crippen LogP contribution is 2.12. The van der Waals surface area contributed by atoms with E-state index >= 15 is 0 Å². The van der Waals surface area contributed by atoms with Gasteiger partial charge in [-0.2, -0.15) is 0 Å². The number of nitrogens with two attached hydrogens (primary N) is 1. The lowest BCUT2D eigenvalue weighted by atomic mass is 9.99. The lowest BCUT2D eigenvalue weighted by Gasteiger charge is -2.12. The average molecular weight is 275 g/mol. The zero-order chi connectivity index (χ0) is 14.5. The predicted molar refractivity (Wildman–Crippen MR) is 77.5 cm³/mol. The monoisotopic (exact) mass is 275 g/mol. The Labute approximate surface area is 118 Å². The first-order valence-electron chi connectivity index (χ1n) is 6.79. The van der Waals surface area contributed by atoms with Crippen molar-refractivity contribution in [2.24, 2.45) is 5.73 Å². The molecule has 0 saturated carbocycles. The molecule has 2 rings (SSSR count). The van der Waals surface area contributed by atoms with Crippen LogP contribution in [0.3, 0.4) is 0 Å². The minimum atomic E-state index is -0.550. The van der Waals surface area contributed by atoms with Crippen LogP contribution in [0, 0.1) is 18.6 Å². The molecule has 0 heterocycles. The minimum Gasteiger partial charge on any atom is -0.327 e. The Balaban J connectivity index is 1.88. The van der Waals surface area contributed by atoms with Gasteiger partial charge in [0.15, 0.2) is 0 Å². The van der Waals surface area contributed by atoms with Crippen molar-refractivity contribution in [3.05, 3.63) is 70.8 Å². The zero-order valence-electron chi connectivity index (χ0n) is 11.6. The fourth-order valence-corrected chi connectivity index (χ4v) is 2.24. The maximum atomic E-state index is 13.1. The number of rotatable bonds is 5. The average Bonchev–Trinajstić information content (AvgIpc) is 2.37. The zero-order valence-corrected chi connectivity index (χ0v) is 11.6. The van der Waals surface area contributed by atoms with Crippen molar-refractivity contribution in [2.75, 3.05) is 0 Å². The molecular formula is C17H19F2N. The molecule has 0 bridgehead atoms. The van der Waals surface area contributed by atoms with Crippen LogP contribution >= 0.6 is 0 Å². The van der Waals surface area contributed by atoms with Crippen molar-refractivity contribution in [3.63, 3.8) is 0 Å². The molecule has 1 unspecified atom stereocenters. The van der Waals surface area contributed by atoms with E-state index in [1.165, 1.54) is 23.3 Å². The standard InChI is InChI=1S/C17H19F2N/c1-12-2-4-13(5-3-12)6-7-17(20)10-14-8-15(18)11-16(19)9-14/h2-5,8-9,11,17H,6-7,10,20H2,1H3. The van der Waals surface area contributed by atoms with Crippen LogP contribution in [0.25, 0.3) is 0 Å². The largest absolute Gasteiger partial charge is 0.327 e. The molecule has 106 valence electrons. The molecule has 0 saturated heterocycles. The fourth-order valence-electron chi connectivity index (χ4n) is 2.24. The molecule has 0 fully saturated rings. The maximum absolute atomic E-state index is 13.1. The third-order valence-electron chi connectivity index (χ3n) is 3.34. The normalized spacial score (nSPS) is 12.4. The molecule has 1 atom stereocenters. The minimum absolute atomic E-state index is 0.0995. The van der Waals surface area contributed by atoms with E-state index in [0.717, 1.165) is 18.9 Å². The van der Waals surface area contributed by atoms with E-state index < -0.39 is 11.6 Å². The van der Waals surface area contributed by atoms with Gasteiger partial charge in [-0.1, -0.05) is 29.8 Å². The Bertz CT molecular complexity index is 543. The van der Waals surface area contributed by atoms with Gasteiger partial charge in [0.25, 0.3) is 0 Å². The molecule has 20 heavy (non-hydrogen) atoms. The molecule has 0 spiro atoms. The Kier molecular flexibility index (Phi) is 4.85. The Hall–Kier alpha value is -1.74. The van der Waals surface area contributed by atoms with E-state index in [-0.39, 0.29) is 6.04 Å². The van der Waals surface area contributed by atoms with E-state index in [1.54, 1.807) is 0 Å². The first kappa shape index (κ1) is 14.7. The molecule has 1 nitrogen and oxygen atoms in total. The highest BCUT2D eigenvalue weighted by Gasteiger charge is 2.07. The number of hydrogen-bond donors (Lipinski definition) is 1. The molecule has 0 amide bonds. The fraction of sp³-hybridized carbons (Fsp3) is 0.294. The number of benzene rings is 2. The van der Waals surface area contributed by atoms with Gasteiger partial charge >= 0.3 is 0 Å². The molecule has 0 aliphatic heterocycles.